The van der Waals surface area contributed by atoms with Crippen molar-refractivity contribution in [3.8, 4) is 0 Å². The third-order valence-electron chi connectivity index (χ3n) is 4.28. The maximum Gasteiger partial charge on any atom is 0.304 e. The molecular weight excluding hydrogens is 316 g/mol. The summed E-state index contributed by atoms with van der Waals surface area (Å²) in [6.45, 7) is 2.11. The second-order valence-corrected chi connectivity index (χ2v) is 6.63. The lowest BCUT2D eigenvalue weighted by molar-refractivity contribution is -0.137. The smallest absolute Gasteiger partial charge is 0.304 e. The minimum absolute atomic E-state index is 0.00977. The van der Waals surface area contributed by atoms with E-state index >= 15 is 0 Å². The molecule has 1 heterocycles. The summed E-state index contributed by atoms with van der Waals surface area (Å²) in [6.07, 6.45) is 1.89. The summed E-state index contributed by atoms with van der Waals surface area (Å²) in [7, 11) is 2.01. The van der Waals surface area contributed by atoms with E-state index in [1.165, 1.54) is 0 Å². The summed E-state index contributed by atoms with van der Waals surface area (Å²) in [4.78, 5) is 25.6. The highest BCUT2D eigenvalue weighted by Crippen LogP contribution is 2.22. The molecular formula is C17H23ClN2O3. The Hall–Kier alpha value is -1.59. The molecule has 0 bridgehead atoms. The third-order valence-corrected chi connectivity index (χ3v) is 4.53. The molecule has 2 unspecified atom stereocenters. The van der Waals surface area contributed by atoms with Crippen molar-refractivity contribution in [3.63, 3.8) is 0 Å². The SMILES string of the molecule is CN1CCCC(C(=O)NCC(CC(=O)O)c2ccc(Cl)cc2)C1. The van der Waals surface area contributed by atoms with Crippen LogP contribution >= 0.6 is 11.6 Å². The molecule has 1 aliphatic rings. The summed E-state index contributed by atoms with van der Waals surface area (Å²) >= 11 is 5.87. The van der Waals surface area contributed by atoms with Crippen LogP contribution in [0.15, 0.2) is 24.3 Å². The second kappa shape index (κ2) is 8.31. The lowest BCUT2D eigenvalue weighted by Crippen LogP contribution is -2.42. The standard InChI is InChI=1S/C17H23ClN2O3/c1-20-8-2-3-13(11-20)17(23)19-10-14(9-16(21)22)12-4-6-15(18)7-5-12/h4-7,13-14H,2-3,8-11H2,1H3,(H,19,23)(H,21,22). The Balaban J connectivity index is 1.96. The Morgan fingerprint density at radius 1 is 1.39 bits per heavy atom. The third kappa shape index (κ3) is 5.52. The minimum atomic E-state index is -0.878. The maximum atomic E-state index is 12.3. The summed E-state index contributed by atoms with van der Waals surface area (Å²) in [5, 5.41) is 12.6. The average Bonchev–Trinajstić information content (AvgIpc) is 2.51. The second-order valence-electron chi connectivity index (χ2n) is 6.19. The first-order chi connectivity index (χ1) is 11.0. The van der Waals surface area contributed by atoms with Gasteiger partial charge in [-0.2, -0.15) is 0 Å². The van der Waals surface area contributed by atoms with E-state index in [-0.39, 0.29) is 24.2 Å². The number of hydrogen-bond donors (Lipinski definition) is 2. The van der Waals surface area contributed by atoms with E-state index in [2.05, 4.69) is 10.2 Å². The van der Waals surface area contributed by atoms with Crippen LogP contribution in [0.25, 0.3) is 0 Å². The predicted octanol–water partition coefficient (Wildman–Crippen LogP) is 2.36. The van der Waals surface area contributed by atoms with Gasteiger partial charge < -0.3 is 15.3 Å². The number of carboxylic acids is 1. The van der Waals surface area contributed by atoms with Crippen LogP contribution in [0.5, 0.6) is 0 Å². The van der Waals surface area contributed by atoms with Crippen LogP contribution in [0.3, 0.4) is 0 Å². The van der Waals surface area contributed by atoms with E-state index in [0.717, 1.165) is 31.5 Å². The van der Waals surface area contributed by atoms with Crippen LogP contribution in [0.2, 0.25) is 5.02 Å². The number of benzene rings is 1. The molecule has 1 aromatic carbocycles. The molecule has 0 aliphatic carbocycles. The molecule has 5 nitrogen and oxygen atoms in total. The van der Waals surface area contributed by atoms with Gasteiger partial charge >= 0.3 is 5.97 Å². The number of rotatable bonds is 6. The van der Waals surface area contributed by atoms with Gasteiger partial charge in [0.2, 0.25) is 5.91 Å². The first kappa shape index (κ1) is 17.8. The molecule has 2 atom stereocenters. The van der Waals surface area contributed by atoms with Gasteiger partial charge in [-0.05, 0) is 44.1 Å². The number of nitrogens with zero attached hydrogens (tertiary/aromatic N) is 1. The zero-order valence-corrected chi connectivity index (χ0v) is 14.1. The Kier molecular flexibility index (Phi) is 6.42. The van der Waals surface area contributed by atoms with Crippen LogP contribution in [-0.4, -0.2) is 48.6 Å². The van der Waals surface area contributed by atoms with Gasteiger partial charge in [-0.25, -0.2) is 0 Å². The summed E-state index contributed by atoms with van der Waals surface area (Å²) < 4.78 is 0. The van der Waals surface area contributed by atoms with Gasteiger partial charge in [0.1, 0.15) is 0 Å². The predicted molar refractivity (Wildman–Crippen MR) is 89.7 cm³/mol. The number of piperidine rings is 1. The normalized spacial score (nSPS) is 20.0. The van der Waals surface area contributed by atoms with Crippen LogP contribution in [0.4, 0.5) is 0 Å². The molecule has 0 spiro atoms. The minimum Gasteiger partial charge on any atom is -0.481 e. The fraction of sp³-hybridized carbons (Fsp3) is 0.529. The van der Waals surface area contributed by atoms with E-state index in [4.69, 9.17) is 16.7 Å². The van der Waals surface area contributed by atoms with Gasteiger partial charge in [0.25, 0.3) is 0 Å². The van der Waals surface area contributed by atoms with Gasteiger partial charge in [0, 0.05) is 24.0 Å². The average molecular weight is 339 g/mol. The van der Waals surface area contributed by atoms with E-state index in [1.807, 2.05) is 19.2 Å². The number of aliphatic carboxylic acids is 1. The molecule has 0 radical (unpaired) electrons. The van der Waals surface area contributed by atoms with Crippen molar-refractivity contribution < 1.29 is 14.7 Å². The summed E-state index contributed by atoms with van der Waals surface area (Å²) in [5.41, 5.74) is 0.873. The van der Waals surface area contributed by atoms with E-state index in [0.29, 0.717) is 11.6 Å². The molecule has 23 heavy (non-hydrogen) atoms. The molecule has 2 N–H and O–H groups in total. The van der Waals surface area contributed by atoms with Crippen molar-refractivity contribution in [3.05, 3.63) is 34.9 Å². The Morgan fingerprint density at radius 3 is 2.70 bits per heavy atom. The monoisotopic (exact) mass is 338 g/mol. The van der Waals surface area contributed by atoms with Crippen LogP contribution < -0.4 is 5.32 Å². The van der Waals surface area contributed by atoms with Crippen molar-refractivity contribution in [1.29, 1.82) is 0 Å². The highest BCUT2D eigenvalue weighted by Gasteiger charge is 2.25. The van der Waals surface area contributed by atoms with E-state index in [1.54, 1.807) is 12.1 Å². The van der Waals surface area contributed by atoms with Crippen molar-refractivity contribution in [1.82, 2.24) is 10.2 Å². The van der Waals surface area contributed by atoms with Crippen LogP contribution in [-0.2, 0) is 9.59 Å². The maximum absolute atomic E-state index is 12.3. The van der Waals surface area contributed by atoms with E-state index in [9.17, 15) is 9.59 Å². The molecule has 1 aromatic rings. The number of hydrogen-bond acceptors (Lipinski definition) is 3. The summed E-state index contributed by atoms with van der Waals surface area (Å²) in [6, 6.07) is 7.11. The summed E-state index contributed by atoms with van der Waals surface area (Å²) in [5.74, 6) is -1.13. The number of carboxylic acid groups (broad SMARTS) is 1. The van der Waals surface area contributed by atoms with Crippen LogP contribution in [0.1, 0.15) is 30.7 Å². The quantitative estimate of drug-likeness (QED) is 0.835. The van der Waals surface area contributed by atoms with Crippen molar-refractivity contribution in [2.75, 3.05) is 26.7 Å². The number of likely N-dealkylation sites (tertiary alicyclic amines) is 1. The lowest BCUT2D eigenvalue weighted by atomic mass is 9.94. The van der Waals surface area contributed by atoms with Gasteiger partial charge in [0.05, 0.1) is 12.3 Å². The van der Waals surface area contributed by atoms with E-state index < -0.39 is 5.97 Å². The first-order valence-corrected chi connectivity index (χ1v) is 8.27. The molecule has 6 heteroatoms. The van der Waals surface area contributed by atoms with Crippen molar-refractivity contribution in [2.24, 2.45) is 5.92 Å². The molecule has 1 aliphatic heterocycles. The van der Waals surface area contributed by atoms with Crippen molar-refractivity contribution in [2.45, 2.75) is 25.2 Å². The van der Waals surface area contributed by atoms with Gasteiger partial charge in [0.15, 0.2) is 0 Å². The highest BCUT2D eigenvalue weighted by atomic mass is 35.5. The fourth-order valence-electron chi connectivity index (χ4n) is 3.00. The molecule has 1 saturated heterocycles. The molecule has 0 saturated carbocycles. The number of nitrogens with one attached hydrogen (secondary N) is 1. The Bertz CT molecular complexity index is 547. The van der Waals surface area contributed by atoms with Crippen molar-refractivity contribution >= 4 is 23.5 Å². The van der Waals surface area contributed by atoms with Gasteiger partial charge in [-0.15, -0.1) is 0 Å². The van der Waals surface area contributed by atoms with Gasteiger partial charge in [-0.3, -0.25) is 9.59 Å². The van der Waals surface area contributed by atoms with Gasteiger partial charge in [-0.1, -0.05) is 23.7 Å². The number of amides is 1. The zero-order valence-electron chi connectivity index (χ0n) is 13.3. The molecule has 126 valence electrons. The first-order valence-electron chi connectivity index (χ1n) is 7.89. The molecule has 0 aromatic heterocycles. The molecule has 1 fully saturated rings. The number of carbonyl (C=O) groups is 2. The molecule has 2 rings (SSSR count). The Morgan fingerprint density at radius 2 is 2.09 bits per heavy atom. The topological polar surface area (TPSA) is 69.6 Å². The zero-order chi connectivity index (χ0) is 16.8. The number of carbonyl (C=O) groups excluding carboxylic acids is 1. The Labute approximate surface area is 141 Å². The largest absolute Gasteiger partial charge is 0.481 e. The fourth-order valence-corrected chi connectivity index (χ4v) is 3.13. The lowest BCUT2D eigenvalue weighted by Gasteiger charge is -2.29. The molecule has 1 amide bonds. The van der Waals surface area contributed by atoms with Crippen LogP contribution in [0, 0.1) is 5.92 Å². The highest BCUT2D eigenvalue weighted by molar-refractivity contribution is 6.30. The number of halogens is 1.